The Balaban J connectivity index is 2.32. The number of rotatable bonds is 5. The third-order valence-electron chi connectivity index (χ3n) is 3.34. The molecule has 0 saturated carbocycles. The van der Waals surface area contributed by atoms with Gasteiger partial charge in [-0.25, -0.2) is 0 Å². The summed E-state index contributed by atoms with van der Waals surface area (Å²) >= 11 is 11.9. The van der Waals surface area contributed by atoms with Crippen molar-refractivity contribution in [3.05, 3.63) is 67.7 Å². The molecule has 0 fully saturated rings. The van der Waals surface area contributed by atoms with Gasteiger partial charge in [0.25, 0.3) is 15.7 Å². The molecule has 0 spiro atoms. The number of nitrogens with zero attached hydrogens (tertiary/aromatic N) is 2. The minimum atomic E-state index is -4.07. The zero-order chi connectivity index (χ0) is 18.8. The van der Waals surface area contributed by atoms with E-state index in [-0.39, 0.29) is 10.6 Å². The van der Waals surface area contributed by atoms with Gasteiger partial charge in [0.05, 0.1) is 20.6 Å². The van der Waals surface area contributed by atoms with Crippen molar-refractivity contribution in [3.63, 3.8) is 0 Å². The molecule has 7 nitrogen and oxygen atoms in total. The fourth-order valence-electron chi connectivity index (χ4n) is 1.98. The number of nitro benzene ring substituents is 1. The van der Waals surface area contributed by atoms with Crippen molar-refractivity contribution in [2.75, 3.05) is 0 Å². The first-order valence-electron chi connectivity index (χ1n) is 6.88. The Hall–Kier alpha value is -2.16. The maximum atomic E-state index is 12.3. The minimum Gasteiger partial charge on any atom is -0.258 e. The highest BCUT2D eigenvalue weighted by atomic mass is 35.5. The van der Waals surface area contributed by atoms with Crippen LogP contribution in [0.3, 0.4) is 0 Å². The van der Waals surface area contributed by atoms with Gasteiger partial charge in [-0.15, -0.1) is 0 Å². The molecule has 0 radical (unpaired) electrons. The summed E-state index contributed by atoms with van der Waals surface area (Å²) < 4.78 is 24.6. The second kappa shape index (κ2) is 7.38. The maximum absolute atomic E-state index is 12.3. The normalized spacial score (nSPS) is 12.1. The van der Waals surface area contributed by atoms with Crippen LogP contribution < -0.4 is 4.83 Å². The van der Waals surface area contributed by atoms with Gasteiger partial charge in [-0.05, 0) is 32.0 Å². The molecule has 2 rings (SSSR count). The van der Waals surface area contributed by atoms with E-state index in [1.54, 1.807) is 19.1 Å². The van der Waals surface area contributed by atoms with Crippen molar-refractivity contribution >= 4 is 44.6 Å². The number of benzene rings is 2. The largest absolute Gasteiger partial charge is 0.276 e. The van der Waals surface area contributed by atoms with E-state index in [4.69, 9.17) is 23.2 Å². The van der Waals surface area contributed by atoms with Crippen LogP contribution in [0.25, 0.3) is 0 Å². The number of hydrogen-bond donors (Lipinski definition) is 1. The van der Waals surface area contributed by atoms with Gasteiger partial charge in [-0.3, -0.25) is 10.1 Å². The third-order valence-corrected chi connectivity index (χ3v) is 5.10. The second-order valence-electron chi connectivity index (χ2n) is 5.12. The van der Waals surface area contributed by atoms with Crippen LogP contribution in [0.4, 0.5) is 5.69 Å². The van der Waals surface area contributed by atoms with E-state index in [0.29, 0.717) is 26.9 Å². The maximum Gasteiger partial charge on any atom is 0.276 e. The first-order chi connectivity index (χ1) is 11.6. The highest BCUT2D eigenvalue weighted by molar-refractivity contribution is 7.89. The Labute approximate surface area is 154 Å². The molecule has 0 amide bonds. The molecule has 2 aromatic rings. The van der Waals surface area contributed by atoms with Gasteiger partial charge in [0.15, 0.2) is 0 Å². The molecule has 0 saturated heterocycles. The summed E-state index contributed by atoms with van der Waals surface area (Å²) in [6, 6.07) is 8.32. The number of aryl methyl sites for hydroxylation is 1. The van der Waals surface area contributed by atoms with E-state index < -0.39 is 14.9 Å². The van der Waals surface area contributed by atoms with Crippen molar-refractivity contribution < 1.29 is 13.3 Å². The van der Waals surface area contributed by atoms with E-state index in [9.17, 15) is 18.5 Å². The topological polar surface area (TPSA) is 102 Å². The van der Waals surface area contributed by atoms with Crippen LogP contribution >= 0.6 is 23.2 Å². The first-order valence-corrected chi connectivity index (χ1v) is 9.12. The smallest absolute Gasteiger partial charge is 0.258 e. The molecule has 0 aliphatic heterocycles. The fraction of sp³-hybridized carbons (Fsp3) is 0.133. The third kappa shape index (κ3) is 4.47. The Kier molecular flexibility index (Phi) is 5.66. The summed E-state index contributed by atoms with van der Waals surface area (Å²) in [5, 5.41) is 15.5. The minimum absolute atomic E-state index is 0.261. The van der Waals surface area contributed by atoms with Gasteiger partial charge in [0, 0.05) is 22.2 Å². The number of halogens is 2. The van der Waals surface area contributed by atoms with Gasteiger partial charge in [-0.1, -0.05) is 35.3 Å². The predicted molar refractivity (Wildman–Crippen MR) is 96.8 cm³/mol. The molecule has 0 bridgehead atoms. The molecule has 10 heteroatoms. The van der Waals surface area contributed by atoms with Crippen LogP contribution in [0.15, 0.2) is 46.4 Å². The molecule has 0 aliphatic rings. The fourth-order valence-corrected chi connectivity index (χ4v) is 3.40. The van der Waals surface area contributed by atoms with Crippen LogP contribution in [-0.2, 0) is 10.0 Å². The summed E-state index contributed by atoms with van der Waals surface area (Å²) in [5.74, 6) is 0. The Morgan fingerprint density at radius 2 is 1.88 bits per heavy atom. The zero-order valence-corrected chi connectivity index (χ0v) is 15.5. The van der Waals surface area contributed by atoms with Gasteiger partial charge < -0.3 is 0 Å². The molecule has 2 aromatic carbocycles. The summed E-state index contributed by atoms with van der Waals surface area (Å²) in [6.07, 6.45) is 0. The highest BCUT2D eigenvalue weighted by Crippen LogP contribution is 2.23. The van der Waals surface area contributed by atoms with Crippen LogP contribution in [0.2, 0.25) is 10.0 Å². The van der Waals surface area contributed by atoms with E-state index in [0.717, 1.165) is 6.07 Å². The molecule has 132 valence electrons. The average molecular weight is 402 g/mol. The molecule has 0 aliphatic carbocycles. The van der Waals surface area contributed by atoms with E-state index in [2.05, 4.69) is 5.10 Å². The standard InChI is InChI=1S/C15H13Cl2N3O4S/c1-9-3-5-12(8-15(9)20(21)22)25(23,24)19-18-10(2)13-6-4-11(16)7-14(13)17/h3-8,19H,1-2H3/b18-10+. The summed E-state index contributed by atoms with van der Waals surface area (Å²) in [4.78, 5) is 12.1. The second-order valence-corrected chi connectivity index (χ2v) is 7.63. The van der Waals surface area contributed by atoms with E-state index >= 15 is 0 Å². The molecule has 0 heterocycles. The zero-order valence-electron chi connectivity index (χ0n) is 13.2. The van der Waals surface area contributed by atoms with Crippen LogP contribution in [-0.4, -0.2) is 19.1 Å². The lowest BCUT2D eigenvalue weighted by Gasteiger charge is -2.07. The Bertz CT molecular complexity index is 975. The molecule has 0 atom stereocenters. The molecular formula is C15H13Cl2N3O4S. The van der Waals surface area contributed by atoms with Gasteiger partial charge in [-0.2, -0.15) is 18.4 Å². The number of nitro groups is 1. The van der Waals surface area contributed by atoms with Crippen molar-refractivity contribution in [2.45, 2.75) is 18.7 Å². The van der Waals surface area contributed by atoms with E-state index in [1.165, 1.54) is 25.1 Å². The Morgan fingerprint density at radius 3 is 2.48 bits per heavy atom. The predicted octanol–water partition coefficient (Wildman–Crippen LogP) is 3.91. The van der Waals surface area contributed by atoms with Crippen LogP contribution in [0.5, 0.6) is 0 Å². The molecule has 0 aromatic heterocycles. The van der Waals surface area contributed by atoms with Crippen molar-refractivity contribution in [3.8, 4) is 0 Å². The van der Waals surface area contributed by atoms with Crippen molar-refractivity contribution in [1.29, 1.82) is 0 Å². The number of sulfonamides is 1. The number of hydrazone groups is 1. The lowest BCUT2D eigenvalue weighted by Crippen LogP contribution is -2.20. The summed E-state index contributed by atoms with van der Waals surface area (Å²) in [6.45, 7) is 3.09. The molecule has 0 unspecified atom stereocenters. The summed E-state index contributed by atoms with van der Waals surface area (Å²) in [7, 11) is -4.07. The molecule has 1 N–H and O–H groups in total. The lowest BCUT2D eigenvalue weighted by atomic mass is 10.1. The average Bonchev–Trinajstić information content (AvgIpc) is 2.52. The molecule has 25 heavy (non-hydrogen) atoms. The molecular weight excluding hydrogens is 389 g/mol. The highest BCUT2D eigenvalue weighted by Gasteiger charge is 2.19. The van der Waals surface area contributed by atoms with Gasteiger partial charge in [0.1, 0.15) is 0 Å². The number of nitrogens with one attached hydrogen (secondary N) is 1. The van der Waals surface area contributed by atoms with Gasteiger partial charge in [0.2, 0.25) is 0 Å². The van der Waals surface area contributed by atoms with E-state index in [1.807, 2.05) is 4.83 Å². The van der Waals surface area contributed by atoms with Gasteiger partial charge >= 0.3 is 0 Å². The monoisotopic (exact) mass is 401 g/mol. The van der Waals surface area contributed by atoms with Crippen molar-refractivity contribution in [1.82, 2.24) is 4.83 Å². The number of hydrogen-bond acceptors (Lipinski definition) is 5. The SMILES string of the molecule is C/C(=N\NS(=O)(=O)c1ccc(C)c([N+](=O)[O-])c1)c1ccc(Cl)cc1Cl. The summed E-state index contributed by atoms with van der Waals surface area (Å²) in [5.41, 5.74) is 0.886. The quantitative estimate of drug-likeness (QED) is 0.465. The Morgan fingerprint density at radius 1 is 1.20 bits per heavy atom. The van der Waals surface area contributed by atoms with Crippen LogP contribution in [0, 0.1) is 17.0 Å². The first kappa shape index (κ1) is 19.2. The van der Waals surface area contributed by atoms with Crippen LogP contribution in [0.1, 0.15) is 18.1 Å². The van der Waals surface area contributed by atoms with Crippen molar-refractivity contribution in [2.24, 2.45) is 5.10 Å². The lowest BCUT2D eigenvalue weighted by molar-refractivity contribution is -0.385.